The van der Waals surface area contributed by atoms with Crippen molar-refractivity contribution in [2.75, 3.05) is 6.61 Å². The van der Waals surface area contributed by atoms with E-state index in [2.05, 4.69) is 5.32 Å². The van der Waals surface area contributed by atoms with E-state index in [9.17, 15) is 9.59 Å². The Bertz CT molecular complexity index is 616. The molecule has 20 heavy (non-hydrogen) atoms. The van der Waals surface area contributed by atoms with Crippen LogP contribution in [0.3, 0.4) is 0 Å². The minimum absolute atomic E-state index is 0.0551. The lowest BCUT2D eigenvalue weighted by molar-refractivity contribution is -0.121. The number of nitrogens with zero attached hydrogens (tertiary/aromatic N) is 1. The third-order valence-electron chi connectivity index (χ3n) is 2.64. The first-order chi connectivity index (χ1) is 9.70. The predicted octanol–water partition coefficient (Wildman–Crippen LogP) is 1.16. The van der Waals surface area contributed by atoms with Gasteiger partial charge in [0, 0.05) is 6.20 Å². The van der Waals surface area contributed by atoms with Crippen LogP contribution in [-0.4, -0.2) is 17.1 Å². The first kappa shape index (κ1) is 13.9. The number of rotatable bonds is 6. The molecule has 2 heterocycles. The minimum atomic E-state index is -0.317. The van der Waals surface area contributed by atoms with E-state index in [1.807, 2.05) is 0 Å². The summed E-state index contributed by atoms with van der Waals surface area (Å²) in [6.07, 6.45) is 3.09. The molecule has 0 spiro atoms. The number of ether oxygens (including phenoxy) is 1. The summed E-state index contributed by atoms with van der Waals surface area (Å²) in [6.45, 7) is 2.45. The Morgan fingerprint density at radius 1 is 1.40 bits per heavy atom. The molecule has 106 valence electrons. The Balaban J connectivity index is 1.97. The van der Waals surface area contributed by atoms with Crippen LogP contribution in [0.2, 0.25) is 0 Å². The minimum Gasteiger partial charge on any atom is -0.488 e. The van der Waals surface area contributed by atoms with Crippen LogP contribution in [-0.2, 0) is 17.9 Å². The molecule has 1 amide bonds. The average molecular weight is 276 g/mol. The Morgan fingerprint density at radius 3 is 2.95 bits per heavy atom. The molecule has 6 heteroatoms. The first-order valence-electron chi connectivity index (χ1n) is 6.32. The lowest BCUT2D eigenvalue weighted by atomic mass is 10.4. The molecule has 0 atom stereocenters. The van der Waals surface area contributed by atoms with Crippen LogP contribution in [0.15, 0.2) is 45.9 Å². The van der Waals surface area contributed by atoms with Gasteiger partial charge in [0.1, 0.15) is 12.3 Å². The number of aromatic nitrogens is 1. The number of amides is 1. The van der Waals surface area contributed by atoms with E-state index in [4.69, 9.17) is 9.15 Å². The molecule has 0 bridgehead atoms. The monoisotopic (exact) mass is 276 g/mol. The van der Waals surface area contributed by atoms with E-state index in [0.29, 0.717) is 18.9 Å². The fourth-order valence-electron chi connectivity index (χ4n) is 1.71. The van der Waals surface area contributed by atoms with Gasteiger partial charge in [0.2, 0.25) is 5.91 Å². The molecule has 0 unspecified atom stereocenters. The summed E-state index contributed by atoms with van der Waals surface area (Å²) >= 11 is 0. The summed E-state index contributed by atoms with van der Waals surface area (Å²) in [5.74, 6) is 0.639. The largest absolute Gasteiger partial charge is 0.488 e. The van der Waals surface area contributed by atoms with E-state index < -0.39 is 0 Å². The third kappa shape index (κ3) is 3.50. The second-order valence-electron chi connectivity index (χ2n) is 4.09. The molecule has 2 rings (SSSR count). The van der Waals surface area contributed by atoms with Crippen molar-refractivity contribution in [3.63, 3.8) is 0 Å². The summed E-state index contributed by atoms with van der Waals surface area (Å²) in [7, 11) is 0. The maximum Gasteiger partial charge on any atom is 0.293 e. The highest BCUT2D eigenvalue weighted by molar-refractivity contribution is 5.75. The van der Waals surface area contributed by atoms with Crippen molar-refractivity contribution in [2.45, 2.75) is 20.0 Å². The quantitative estimate of drug-likeness (QED) is 0.859. The number of hydrogen-bond acceptors (Lipinski definition) is 4. The van der Waals surface area contributed by atoms with Gasteiger partial charge < -0.3 is 19.0 Å². The van der Waals surface area contributed by atoms with Crippen LogP contribution in [0.5, 0.6) is 5.75 Å². The van der Waals surface area contributed by atoms with Crippen molar-refractivity contribution < 1.29 is 13.9 Å². The summed E-state index contributed by atoms with van der Waals surface area (Å²) < 4.78 is 11.6. The molecule has 0 aromatic carbocycles. The van der Waals surface area contributed by atoms with Gasteiger partial charge in [-0.1, -0.05) is 0 Å². The Kier molecular flexibility index (Phi) is 4.60. The van der Waals surface area contributed by atoms with Crippen LogP contribution in [0.4, 0.5) is 0 Å². The lowest BCUT2D eigenvalue weighted by Crippen LogP contribution is -2.32. The maximum absolute atomic E-state index is 12.0. The molecule has 0 fully saturated rings. The van der Waals surface area contributed by atoms with Crippen molar-refractivity contribution in [1.82, 2.24) is 9.88 Å². The van der Waals surface area contributed by atoms with Crippen LogP contribution < -0.4 is 15.6 Å². The fourth-order valence-corrected chi connectivity index (χ4v) is 1.71. The number of carbonyl (C=O) groups is 1. The lowest BCUT2D eigenvalue weighted by Gasteiger charge is -2.08. The average Bonchev–Trinajstić information content (AvgIpc) is 2.94. The standard InChI is InChI=1S/C14H16N2O4/c1-2-19-12-6-3-7-16(14(12)18)10-13(17)15-9-11-5-4-8-20-11/h3-8H,2,9-10H2,1H3,(H,15,17). The number of furan rings is 1. The summed E-state index contributed by atoms with van der Waals surface area (Å²) in [6, 6.07) is 6.77. The normalized spacial score (nSPS) is 10.2. The van der Waals surface area contributed by atoms with Crippen LogP contribution in [0.1, 0.15) is 12.7 Å². The van der Waals surface area contributed by atoms with Gasteiger partial charge in [0.05, 0.1) is 19.4 Å². The predicted molar refractivity (Wildman–Crippen MR) is 72.4 cm³/mol. The molecular weight excluding hydrogens is 260 g/mol. The van der Waals surface area contributed by atoms with Crippen LogP contribution >= 0.6 is 0 Å². The molecule has 0 aliphatic carbocycles. The molecule has 0 saturated heterocycles. The fraction of sp³-hybridized carbons (Fsp3) is 0.286. The van der Waals surface area contributed by atoms with Gasteiger partial charge >= 0.3 is 0 Å². The van der Waals surface area contributed by atoms with Gasteiger partial charge in [-0.2, -0.15) is 0 Å². The topological polar surface area (TPSA) is 73.5 Å². The molecule has 1 N–H and O–H groups in total. The van der Waals surface area contributed by atoms with Crippen LogP contribution in [0.25, 0.3) is 0 Å². The molecular formula is C14H16N2O4. The van der Waals surface area contributed by atoms with Crippen molar-refractivity contribution in [3.05, 3.63) is 52.8 Å². The zero-order valence-electron chi connectivity index (χ0n) is 11.2. The Labute approximate surface area is 116 Å². The van der Waals surface area contributed by atoms with E-state index in [-0.39, 0.29) is 23.8 Å². The highest BCUT2D eigenvalue weighted by Crippen LogP contribution is 2.02. The highest BCUT2D eigenvalue weighted by Gasteiger charge is 2.08. The smallest absolute Gasteiger partial charge is 0.293 e. The second-order valence-corrected chi connectivity index (χ2v) is 4.09. The molecule has 0 aliphatic heterocycles. The van der Waals surface area contributed by atoms with Gasteiger partial charge in [-0.3, -0.25) is 9.59 Å². The number of nitrogens with one attached hydrogen (secondary N) is 1. The van der Waals surface area contributed by atoms with Gasteiger partial charge in [-0.05, 0) is 31.2 Å². The van der Waals surface area contributed by atoms with Gasteiger partial charge in [-0.15, -0.1) is 0 Å². The number of pyridine rings is 1. The summed E-state index contributed by atoms with van der Waals surface area (Å²) in [5.41, 5.74) is -0.317. The maximum atomic E-state index is 12.0. The van der Waals surface area contributed by atoms with E-state index in [1.165, 1.54) is 10.8 Å². The number of carbonyl (C=O) groups excluding carboxylic acids is 1. The van der Waals surface area contributed by atoms with E-state index >= 15 is 0 Å². The molecule has 0 radical (unpaired) electrons. The zero-order chi connectivity index (χ0) is 14.4. The molecule has 2 aromatic rings. The summed E-state index contributed by atoms with van der Waals surface area (Å²) in [4.78, 5) is 23.7. The third-order valence-corrected chi connectivity index (χ3v) is 2.64. The highest BCUT2D eigenvalue weighted by atomic mass is 16.5. The van der Waals surface area contributed by atoms with Crippen molar-refractivity contribution in [3.8, 4) is 5.75 Å². The van der Waals surface area contributed by atoms with Crippen molar-refractivity contribution in [1.29, 1.82) is 0 Å². The van der Waals surface area contributed by atoms with E-state index in [1.54, 1.807) is 37.4 Å². The van der Waals surface area contributed by atoms with Crippen molar-refractivity contribution in [2.24, 2.45) is 0 Å². The van der Waals surface area contributed by atoms with Gasteiger partial charge in [0.15, 0.2) is 5.75 Å². The first-order valence-corrected chi connectivity index (χ1v) is 6.32. The van der Waals surface area contributed by atoms with Crippen LogP contribution in [0, 0.1) is 0 Å². The SMILES string of the molecule is CCOc1cccn(CC(=O)NCc2ccco2)c1=O. The van der Waals surface area contributed by atoms with Gasteiger partial charge in [0.25, 0.3) is 5.56 Å². The molecule has 0 aliphatic rings. The summed E-state index contributed by atoms with van der Waals surface area (Å²) in [5, 5.41) is 2.68. The molecule has 2 aromatic heterocycles. The number of hydrogen-bond donors (Lipinski definition) is 1. The van der Waals surface area contributed by atoms with E-state index in [0.717, 1.165) is 0 Å². The second kappa shape index (κ2) is 6.60. The zero-order valence-corrected chi connectivity index (χ0v) is 11.2. The van der Waals surface area contributed by atoms with Crippen molar-refractivity contribution >= 4 is 5.91 Å². The molecule has 0 saturated carbocycles. The van der Waals surface area contributed by atoms with Gasteiger partial charge in [-0.25, -0.2) is 0 Å². The Morgan fingerprint density at radius 2 is 2.25 bits per heavy atom. The Hall–Kier alpha value is -2.50. The molecule has 6 nitrogen and oxygen atoms in total.